The lowest BCUT2D eigenvalue weighted by Gasteiger charge is -2.12. The van der Waals surface area contributed by atoms with Crippen LogP contribution in [0.2, 0.25) is 0 Å². The maximum absolute atomic E-state index is 5.89. The van der Waals surface area contributed by atoms with Crippen molar-refractivity contribution < 1.29 is 4.74 Å². The van der Waals surface area contributed by atoms with E-state index in [-0.39, 0.29) is 6.04 Å². The molecule has 0 aliphatic carbocycles. The van der Waals surface area contributed by atoms with Crippen LogP contribution in [-0.4, -0.2) is 22.3 Å². The molecule has 0 saturated heterocycles. The number of benzene rings is 1. The van der Waals surface area contributed by atoms with Crippen LogP contribution in [0.5, 0.6) is 5.75 Å². The molecule has 1 heterocycles. The molecule has 0 radical (unpaired) electrons. The molecule has 18 heavy (non-hydrogen) atoms. The average molecular weight is 264 g/mol. The minimum Gasteiger partial charge on any atom is -0.496 e. The van der Waals surface area contributed by atoms with Gasteiger partial charge in [-0.1, -0.05) is 17.8 Å². The molecule has 3 N–H and O–H groups in total. The van der Waals surface area contributed by atoms with E-state index in [9.17, 15) is 0 Å². The first-order valence-corrected chi connectivity index (χ1v) is 6.60. The lowest BCUT2D eigenvalue weighted by Crippen LogP contribution is -2.05. The summed E-state index contributed by atoms with van der Waals surface area (Å²) in [4.78, 5) is 4.08. The predicted molar refractivity (Wildman–Crippen MR) is 71.5 cm³/mol. The van der Waals surface area contributed by atoms with Gasteiger partial charge in [0.15, 0.2) is 5.16 Å². The third kappa shape index (κ3) is 3.02. The van der Waals surface area contributed by atoms with Crippen molar-refractivity contribution in [3.05, 3.63) is 35.7 Å². The summed E-state index contributed by atoms with van der Waals surface area (Å²) in [6.07, 6.45) is 1.50. The molecular formula is C12H16N4OS. The monoisotopic (exact) mass is 264 g/mol. The van der Waals surface area contributed by atoms with Crippen LogP contribution in [0.15, 0.2) is 29.7 Å². The maximum Gasteiger partial charge on any atom is 0.183 e. The molecule has 1 unspecified atom stereocenters. The summed E-state index contributed by atoms with van der Waals surface area (Å²) in [6.45, 7) is 1.97. The molecule has 6 heteroatoms. The third-order valence-corrected chi connectivity index (χ3v) is 3.51. The Morgan fingerprint density at radius 1 is 1.50 bits per heavy atom. The van der Waals surface area contributed by atoms with E-state index in [0.717, 1.165) is 27.8 Å². The molecule has 2 rings (SSSR count). The highest BCUT2D eigenvalue weighted by Crippen LogP contribution is 2.28. The highest BCUT2D eigenvalue weighted by Gasteiger charge is 2.08. The fourth-order valence-electron chi connectivity index (χ4n) is 1.60. The van der Waals surface area contributed by atoms with E-state index in [2.05, 4.69) is 21.2 Å². The Morgan fingerprint density at radius 3 is 2.94 bits per heavy atom. The summed E-state index contributed by atoms with van der Waals surface area (Å²) in [6, 6.07) is 6.04. The summed E-state index contributed by atoms with van der Waals surface area (Å²) in [5, 5.41) is 7.43. The number of thioether (sulfide) groups is 1. The Morgan fingerprint density at radius 2 is 2.33 bits per heavy atom. The Balaban J connectivity index is 2.16. The fraction of sp³-hybridized carbons (Fsp3) is 0.333. The topological polar surface area (TPSA) is 76.8 Å². The van der Waals surface area contributed by atoms with Gasteiger partial charge in [0.25, 0.3) is 0 Å². The minimum atomic E-state index is 0.0185. The molecule has 0 fully saturated rings. The van der Waals surface area contributed by atoms with Crippen LogP contribution in [0.3, 0.4) is 0 Å². The summed E-state index contributed by atoms with van der Waals surface area (Å²) in [5.41, 5.74) is 8.09. The molecule has 5 nitrogen and oxygen atoms in total. The molecule has 0 aliphatic rings. The van der Waals surface area contributed by atoms with Crippen molar-refractivity contribution >= 4 is 11.8 Å². The predicted octanol–water partition coefficient (Wildman–Crippen LogP) is 2.13. The van der Waals surface area contributed by atoms with Gasteiger partial charge in [-0.15, -0.1) is 0 Å². The van der Waals surface area contributed by atoms with E-state index in [0.29, 0.717) is 0 Å². The lowest BCUT2D eigenvalue weighted by molar-refractivity contribution is 0.411. The van der Waals surface area contributed by atoms with Crippen molar-refractivity contribution in [1.29, 1.82) is 0 Å². The quantitative estimate of drug-likeness (QED) is 0.809. The van der Waals surface area contributed by atoms with Crippen LogP contribution >= 0.6 is 11.8 Å². The average Bonchev–Trinajstić information content (AvgIpc) is 2.89. The largest absolute Gasteiger partial charge is 0.496 e. The van der Waals surface area contributed by atoms with Gasteiger partial charge in [0.05, 0.1) is 7.11 Å². The number of ether oxygens (including phenoxy) is 1. The second kappa shape index (κ2) is 5.88. The van der Waals surface area contributed by atoms with Gasteiger partial charge in [-0.2, -0.15) is 5.10 Å². The van der Waals surface area contributed by atoms with Crippen molar-refractivity contribution in [1.82, 2.24) is 15.2 Å². The van der Waals surface area contributed by atoms with E-state index >= 15 is 0 Å². The smallest absolute Gasteiger partial charge is 0.183 e. The van der Waals surface area contributed by atoms with Crippen LogP contribution in [0.4, 0.5) is 0 Å². The van der Waals surface area contributed by atoms with Crippen molar-refractivity contribution in [3.63, 3.8) is 0 Å². The van der Waals surface area contributed by atoms with Crippen LogP contribution in [-0.2, 0) is 5.75 Å². The highest BCUT2D eigenvalue weighted by atomic mass is 32.2. The van der Waals surface area contributed by atoms with Crippen molar-refractivity contribution in [2.45, 2.75) is 23.9 Å². The third-order valence-electron chi connectivity index (χ3n) is 2.59. The molecule has 0 amide bonds. The molecular weight excluding hydrogens is 248 g/mol. The van der Waals surface area contributed by atoms with E-state index in [1.165, 1.54) is 6.33 Å². The van der Waals surface area contributed by atoms with Gasteiger partial charge >= 0.3 is 0 Å². The highest BCUT2D eigenvalue weighted by molar-refractivity contribution is 7.98. The Bertz CT molecular complexity index is 499. The number of hydrogen-bond donors (Lipinski definition) is 2. The van der Waals surface area contributed by atoms with Crippen LogP contribution in [0.25, 0.3) is 0 Å². The van der Waals surface area contributed by atoms with E-state index < -0.39 is 0 Å². The van der Waals surface area contributed by atoms with Crippen molar-refractivity contribution in [2.24, 2.45) is 5.73 Å². The second-order valence-electron chi connectivity index (χ2n) is 3.94. The van der Waals surface area contributed by atoms with E-state index in [4.69, 9.17) is 10.5 Å². The van der Waals surface area contributed by atoms with Crippen LogP contribution < -0.4 is 10.5 Å². The van der Waals surface area contributed by atoms with Gasteiger partial charge in [0, 0.05) is 17.4 Å². The molecule has 0 bridgehead atoms. The number of nitrogens with one attached hydrogen (secondary N) is 1. The van der Waals surface area contributed by atoms with Gasteiger partial charge < -0.3 is 10.5 Å². The molecule has 0 aliphatic heterocycles. The normalized spacial score (nSPS) is 12.4. The standard InChI is InChI=1S/C12H16N4OS/c1-8(13)9-3-4-11(17-2)10(5-9)6-18-12-14-7-15-16-12/h3-5,7-8H,6,13H2,1-2H3,(H,14,15,16). The Labute approximate surface area is 110 Å². The van der Waals surface area contributed by atoms with Crippen LogP contribution in [0, 0.1) is 0 Å². The number of methoxy groups -OCH3 is 1. The lowest BCUT2D eigenvalue weighted by atomic mass is 10.1. The number of nitrogens with two attached hydrogens (primary N) is 1. The summed E-state index contributed by atoms with van der Waals surface area (Å²) >= 11 is 1.58. The number of rotatable bonds is 5. The molecule has 0 spiro atoms. The molecule has 1 atom stereocenters. The van der Waals surface area contributed by atoms with E-state index in [1.54, 1.807) is 18.9 Å². The maximum atomic E-state index is 5.89. The van der Waals surface area contributed by atoms with Gasteiger partial charge in [-0.25, -0.2) is 4.98 Å². The van der Waals surface area contributed by atoms with Gasteiger partial charge in [-0.3, -0.25) is 5.10 Å². The zero-order valence-electron chi connectivity index (χ0n) is 10.4. The first kappa shape index (κ1) is 12.9. The number of H-pyrrole nitrogens is 1. The minimum absolute atomic E-state index is 0.0185. The Hall–Kier alpha value is -1.53. The number of aromatic amines is 1. The van der Waals surface area contributed by atoms with E-state index in [1.807, 2.05) is 19.1 Å². The zero-order valence-corrected chi connectivity index (χ0v) is 11.2. The first-order valence-electron chi connectivity index (χ1n) is 5.61. The molecule has 0 saturated carbocycles. The summed E-state index contributed by atoms with van der Waals surface area (Å²) in [7, 11) is 1.67. The SMILES string of the molecule is COc1ccc(C(C)N)cc1CSc1ncn[nH]1. The van der Waals surface area contributed by atoms with Gasteiger partial charge in [0.1, 0.15) is 12.1 Å². The molecule has 96 valence electrons. The fourth-order valence-corrected chi connectivity index (χ4v) is 2.36. The van der Waals surface area contributed by atoms with Crippen molar-refractivity contribution in [3.8, 4) is 5.75 Å². The molecule has 1 aromatic heterocycles. The zero-order chi connectivity index (χ0) is 13.0. The van der Waals surface area contributed by atoms with Gasteiger partial charge in [-0.05, 0) is 24.6 Å². The van der Waals surface area contributed by atoms with Crippen molar-refractivity contribution in [2.75, 3.05) is 7.11 Å². The van der Waals surface area contributed by atoms with Crippen LogP contribution in [0.1, 0.15) is 24.1 Å². The number of aromatic nitrogens is 3. The number of hydrogen-bond acceptors (Lipinski definition) is 5. The first-order chi connectivity index (χ1) is 8.70. The second-order valence-corrected chi connectivity index (χ2v) is 4.90. The molecule has 2 aromatic rings. The summed E-state index contributed by atoms with van der Waals surface area (Å²) < 4.78 is 5.35. The Kier molecular flexibility index (Phi) is 4.22. The number of nitrogens with zero attached hydrogens (tertiary/aromatic N) is 2. The van der Waals surface area contributed by atoms with Gasteiger partial charge in [0.2, 0.25) is 0 Å². The summed E-state index contributed by atoms with van der Waals surface area (Å²) in [5.74, 6) is 1.63. The molecule has 1 aromatic carbocycles.